The normalized spacial score (nSPS) is 19.1. The summed E-state index contributed by atoms with van der Waals surface area (Å²) in [7, 11) is 0. The van der Waals surface area contributed by atoms with Crippen molar-refractivity contribution in [2.75, 3.05) is 0 Å². The van der Waals surface area contributed by atoms with Crippen LogP contribution < -0.4 is 10.6 Å². The van der Waals surface area contributed by atoms with Crippen LogP contribution in [0.25, 0.3) is 0 Å². The van der Waals surface area contributed by atoms with Crippen molar-refractivity contribution in [3.63, 3.8) is 0 Å². The number of Topliss-reactive ketones (excluding diaryl/α,β-unsaturated/α-hetero) is 1. The highest BCUT2D eigenvalue weighted by Crippen LogP contribution is 2.39. The van der Waals surface area contributed by atoms with E-state index < -0.39 is 12.1 Å². The molecule has 0 radical (unpaired) electrons. The highest BCUT2D eigenvalue weighted by atomic mass is 16.2. The first-order valence-electron chi connectivity index (χ1n) is 9.87. The first-order chi connectivity index (χ1) is 11.9. The molecule has 25 heavy (non-hydrogen) atoms. The van der Waals surface area contributed by atoms with Gasteiger partial charge in [-0.05, 0) is 43.9 Å². The summed E-state index contributed by atoms with van der Waals surface area (Å²) in [5, 5.41) is 5.55. The fraction of sp³-hybridized carbons (Fsp3) is 0.850. The van der Waals surface area contributed by atoms with Gasteiger partial charge >= 0.3 is 0 Å². The lowest BCUT2D eigenvalue weighted by atomic mass is 9.72. The summed E-state index contributed by atoms with van der Waals surface area (Å²) in [6.45, 7) is 7.86. The zero-order valence-electron chi connectivity index (χ0n) is 16.4. The van der Waals surface area contributed by atoms with Gasteiger partial charge in [-0.1, -0.05) is 52.9 Å². The van der Waals surface area contributed by atoms with Crippen LogP contribution in [0.3, 0.4) is 0 Å². The first-order valence-corrected chi connectivity index (χ1v) is 9.87. The molecule has 0 aromatic carbocycles. The van der Waals surface area contributed by atoms with Crippen molar-refractivity contribution in [1.29, 1.82) is 0 Å². The highest BCUT2D eigenvalue weighted by Gasteiger charge is 2.31. The van der Waals surface area contributed by atoms with Crippen LogP contribution in [0.4, 0.5) is 0 Å². The molecule has 0 saturated heterocycles. The molecule has 1 aliphatic carbocycles. The lowest BCUT2D eigenvalue weighted by Crippen LogP contribution is -2.52. The van der Waals surface area contributed by atoms with E-state index in [-0.39, 0.29) is 23.0 Å². The molecule has 2 atom stereocenters. The predicted molar refractivity (Wildman–Crippen MR) is 100 cm³/mol. The van der Waals surface area contributed by atoms with Gasteiger partial charge < -0.3 is 10.6 Å². The average molecular weight is 353 g/mol. The van der Waals surface area contributed by atoms with Crippen molar-refractivity contribution in [2.24, 2.45) is 11.3 Å². The Morgan fingerprint density at radius 2 is 1.72 bits per heavy atom. The Bertz CT molecular complexity index is 440. The molecule has 2 amide bonds. The van der Waals surface area contributed by atoms with Gasteiger partial charge in [-0.3, -0.25) is 14.4 Å². The fourth-order valence-corrected chi connectivity index (χ4v) is 4.09. The molecule has 0 aromatic heterocycles. The van der Waals surface area contributed by atoms with Crippen LogP contribution in [-0.4, -0.2) is 30.2 Å². The van der Waals surface area contributed by atoms with E-state index in [0.29, 0.717) is 12.8 Å². The molecule has 0 heterocycles. The Kier molecular flexibility index (Phi) is 9.15. The minimum atomic E-state index is -0.563. The van der Waals surface area contributed by atoms with Crippen molar-refractivity contribution in [3.8, 4) is 0 Å². The quantitative estimate of drug-likeness (QED) is 0.560. The Balaban J connectivity index is 2.70. The van der Waals surface area contributed by atoms with Gasteiger partial charge in [-0.25, -0.2) is 0 Å². The summed E-state index contributed by atoms with van der Waals surface area (Å²) in [5.74, 6) is -0.126. The van der Waals surface area contributed by atoms with Gasteiger partial charge in [-0.2, -0.15) is 0 Å². The third-order valence-electron chi connectivity index (χ3n) is 5.94. The monoisotopic (exact) mass is 352 g/mol. The molecule has 0 bridgehead atoms. The van der Waals surface area contributed by atoms with E-state index in [1.165, 1.54) is 39.0 Å². The van der Waals surface area contributed by atoms with Gasteiger partial charge in [0.15, 0.2) is 5.78 Å². The maximum atomic E-state index is 12.7. The third kappa shape index (κ3) is 6.79. The lowest BCUT2D eigenvalue weighted by molar-refractivity contribution is -0.130. The maximum absolute atomic E-state index is 12.7. The summed E-state index contributed by atoms with van der Waals surface area (Å²) in [4.78, 5) is 35.6. The van der Waals surface area contributed by atoms with Gasteiger partial charge in [0.25, 0.3) is 0 Å². The summed E-state index contributed by atoms with van der Waals surface area (Å²) in [6.07, 6.45) is 9.96. The molecule has 0 aliphatic heterocycles. The molecular formula is C20H36N2O3. The smallest absolute Gasteiger partial charge is 0.243 e. The molecule has 1 aliphatic rings. The fourth-order valence-electron chi connectivity index (χ4n) is 4.09. The van der Waals surface area contributed by atoms with Crippen LogP contribution in [0.15, 0.2) is 0 Å². The average Bonchev–Trinajstić information content (AvgIpc) is 2.59. The van der Waals surface area contributed by atoms with Crippen LogP contribution in [0, 0.1) is 11.3 Å². The van der Waals surface area contributed by atoms with Crippen molar-refractivity contribution >= 4 is 18.1 Å². The predicted octanol–water partition coefficient (Wildman–Crippen LogP) is 3.36. The van der Waals surface area contributed by atoms with E-state index in [2.05, 4.69) is 17.6 Å². The topological polar surface area (TPSA) is 75.3 Å². The van der Waals surface area contributed by atoms with Gasteiger partial charge in [0.2, 0.25) is 12.3 Å². The van der Waals surface area contributed by atoms with Crippen molar-refractivity contribution in [2.45, 2.75) is 97.6 Å². The van der Waals surface area contributed by atoms with Crippen LogP contribution in [0.2, 0.25) is 0 Å². The summed E-state index contributed by atoms with van der Waals surface area (Å²) >= 11 is 0. The minimum Gasteiger partial charge on any atom is -0.347 e. The van der Waals surface area contributed by atoms with Crippen molar-refractivity contribution in [3.05, 3.63) is 0 Å². The number of rotatable bonds is 11. The van der Waals surface area contributed by atoms with Crippen LogP contribution >= 0.6 is 0 Å². The molecule has 1 fully saturated rings. The standard InChI is InChI=1S/C20H36N2O3/c1-5-16(6-2)18(15(3)24)22-19(25)17(21-14-23)10-13-20(4)11-8-7-9-12-20/h14,16-18H,5-13H2,1-4H3,(H,21,23)(H,22,25)/t17?,18-/m1/s1. The van der Waals surface area contributed by atoms with E-state index in [9.17, 15) is 14.4 Å². The Morgan fingerprint density at radius 1 is 1.12 bits per heavy atom. The second kappa shape index (κ2) is 10.6. The molecule has 1 unspecified atom stereocenters. The molecule has 0 aromatic rings. The summed E-state index contributed by atoms with van der Waals surface area (Å²) in [5.41, 5.74) is 0.261. The van der Waals surface area contributed by atoms with Crippen LogP contribution in [-0.2, 0) is 14.4 Å². The highest BCUT2D eigenvalue weighted by molar-refractivity contribution is 5.90. The number of hydrogen-bond donors (Lipinski definition) is 2. The second-order valence-corrected chi connectivity index (χ2v) is 7.92. The van der Waals surface area contributed by atoms with Crippen molar-refractivity contribution < 1.29 is 14.4 Å². The number of ketones is 1. The van der Waals surface area contributed by atoms with Crippen molar-refractivity contribution in [1.82, 2.24) is 10.6 Å². The van der Waals surface area contributed by atoms with E-state index in [4.69, 9.17) is 0 Å². The van der Waals surface area contributed by atoms with E-state index in [1.807, 2.05) is 13.8 Å². The van der Waals surface area contributed by atoms with Gasteiger partial charge in [0.05, 0.1) is 6.04 Å². The largest absolute Gasteiger partial charge is 0.347 e. The van der Waals surface area contributed by atoms with E-state index in [1.54, 1.807) is 0 Å². The number of carbonyl (C=O) groups excluding carboxylic acids is 3. The molecule has 144 valence electrons. The SMILES string of the molecule is CCC(CC)[C@H](NC(=O)C(CCC1(C)CCCCC1)NC=O)C(C)=O. The Hall–Kier alpha value is -1.39. The molecule has 1 saturated carbocycles. The number of hydrogen-bond acceptors (Lipinski definition) is 3. The number of carbonyl (C=O) groups is 3. The molecule has 5 heteroatoms. The van der Waals surface area contributed by atoms with Gasteiger partial charge in [-0.15, -0.1) is 0 Å². The zero-order chi connectivity index (χ0) is 18.9. The zero-order valence-corrected chi connectivity index (χ0v) is 16.4. The molecule has 2 N–H and O–H groups in total. The summed E-state index contributed by atoms with van der Waals surface area (Å²) < 4.78 is 0. The van der Waals surface area contributed by atoms with Gasteiger partial charge in [0, 0.05) is 0 Å². The van der Waals surface area contributed by atoms with E-state index in [0.717, 1.165) is 19.3 Å². The third-order valence-corrected chi connectivity index (χ3v) is 5.94. The molecule has 0 spiro atoms. The minimum absolute atomic E-state index is 0.0221. The van der Waals surface area contributed by atoms with Crippen LogP contribution in [0.1, 0.15) is 85.5 Å². The van der Waals surface area contributed by atoms with Gasteiger partial charge in [0.1, 0.15) is 6.04 Å². The first kappa shape index (κ1) is 21.7. The molecule has 5 nitrogen and oxygen atoms in total. The molecular weight excluding hydrogens is 316 g/mol. The second-order valence-electron chi connectivity index (χ2n) is 7.92. The Labute approximate surface area is 152 Å². The van der Waals surface area contributed by atoms with E-state index >= 15 is 0 Å². The maximum Gasteiger partial charge on any atom is 0.243 e. The Morgan fingerprint density at radius 3 is 2.20 bits per heavy atom. The molecule has 1 rings (SSSR count). The number of amides is 2. The lowest BCUT2D eigenvalue weighted by Gasteiger charge is -2.35. The van der Waals surface area contributed by atoms with Crippen LogP contribution in [0.5, 0.6) is 0 Å². The summed E-state index contributed by atoms with van der Waals surface area (Å²) in [6, 6.07) is -1.03. The number of nitrogens with one attached hydrogen (secondary N) is 2.